The van der Waals surface area contributed by atoms with Gasteiger partial charge in [0.05, 0.1) is 45.1 Å². The molecule has 0 saturated heterocycles. The van der Waals surface area contributed by atoms with Gasteiger partial charge in [-0.3, -0.25) is 9.36 Å². The highest BCUT2D eigenvalue weighted by Crippen LogP contribution is 2.34. The van der Waals surface area contributed by atoms with E-state index < -0.39 is 12.0 Å². The summed E-state index contributed by atoms with van der Waals surface area (Å²) in [5.41, 5.74) is 4.20. The Balaban J connectivity index is 1.62. The molecule has 1 aliphatic heterocycles. The van der Waals surface area contributed by atoms with Crippen molar-refractivity contribution in [3.05, 3.63) is 129 Å². The number of aryl methyl sites for hydroxylation is 1. The summed E-state index contributed by atoms with van der Waals surface area (Å²) < 4.78 is 13.4. The minimum Gasteiger partial charge on any atom is -0.487 e. The molecule has 4 aromatic rings. The predicted molar refractivity (Wildman–Crippen MR) is 164 cm³/mol. The third-order valence-electron chi connectivity index (χ3n) is 6.70. The van der Waals surface area contributed by atoms with Gasteiger partial charge in [-0.15, -0.1) is 0 Å². The van der Waals surface area contributed by atoms with Crippen LogP contribution >= 0.6 is 34.5 Å². The maximum absolute atomic E-state index is 14.0. The van der Waals surface area contributed by atoms with Gasteiger partial charge in [0.2, 0.25) is 0 Å². The summed E-state index contributed by atoms with van der Waals surface area (Å²) in [6.45, 7) is 5.84. The van der Waals surface area contributed by atoms with Crippen molar-refractivity contribution < 1.29 is 14.3 Å². The number of benzene rings is 3. The minimum absolute atomic E-state index is 0.185. The van der Waals surface area contributed by atoms with Crippen LogP contribution in [0.1, 0.15) is 47.7 Å². The number of rotatable bonds is 7. The van der Waals surface area contributed by atoms with Crippen LogP contribution in [0.2, 0.25) is 10.0 Å². The Bertz CT molecular complexity index is 1940. The van der Waals surface area contributed by atoms with Crippen molar-refractivity contribution in [3.8, 4) is 11.8 Å². The highest BCUT2D eigenvalue weighted by atomic mass is 35.5. The van der Waals surface area contributed by atoms with Gasteiger partial charge in [0.15, 0.2) is 4.80 Å². The molecule has 0 bridgehead atoms. The highest BCUT2D eigenvalue weighted by molar-refractivity contribution is 7.07. The number of allylic oxidation sites excluding steroid dienone is 1. The summed E-state index contributed by atoms with van der Waals surface area (Å²) in [6.07, 6.45) is 1.67. The average molecular weight is 619 g/mol. The minimum atomic E-state index is -0.710. The third kappa shape index (κ3) is 5.90. The van der Waals surface area contributed by atoms with Gasteiger partial charge in [-0.1, -0.05) is 76.5 Å². The zero-order chi connectivity index (χ0) is 30.0. The van der Waals surface area contributed by atoms with E-state index in [1.807, 2.05) is 31.2 Å². The molecule has 5 rings (SSSR count). The molecule has 0 N–H and O–H groups in total. The van der Waals surface area contributed by atoms with Crippen molar-refractivity contribution in [2.45, 2.75) is 33.4 Å². The van der Waals surface area contributed by atoms with E-state index in [0.717, 1.165) is 16.7 Å². The summed E-state index contributed by atoms with van der Waals surface area (Å²) >= 11 is 14.1. The van der Waals surface area contributed by atoms with E-state index in [2.05, 4.69) is 11.1 Å². The second kappa shape index (κ2) is 12.4. The largest absolute Gasteiger partial charge is 0.487 e. The lowest BCUT2D eigenvalue weighted by Crippen LogP contribution is -2.39. The molecule has 1 atom stereocenters. The fraction of sp³-hybridized carbons (Fsp3) is 0.188. The van der Waals surface area contributed by atoms with Crippen molar-refractivity contribution >= 4 is 46.6 Å². The zero-order valence-electron chi connectivity index (χ0n) is 23.0. The van der Waals surface area contributed by atoms with E-state index in [-0.39, 0.29) is 23.8 Å². The standard InChI is InChI=1S/C32H25Cl2N3O4S/c1-4-40-31(39)27-19(3)36-32-37(28(27)22-11-5-18(2)6-12-22)30(38)26(42-32)14-23-13-24(33)15-25(34)29(23)41-17-21-9-7-20(16-35)8-10-21/h5-15,28H,4,17H2,1-3H3/b26-14-/t28-/m1/s1. The van der Waals surface area contributed by atoms with Gasteiger partial charge in [-0.25, -0.2) is 9.79 Å². The van der Waals surface area contributed by atoms with Crippen molar-refractivity contribution in [2.75, 3.05) is 6.61 Å². The molecule has 10 heteroatoms. The van der Waals surface area contributed by atoms with Crippen LogP contribution in [0, 0.1) is 18.3 Å². The monoisotopic (exact) mass is 617 g/mol. The molecule has 1 aliphatic rings. The van der Waals surface area contributed by atoms with Crippen LogP contribution in [0.15, 0.2) is 81.7 Å². The van der Waals surface area contributed by atoms with Gasteiger partial charge < -0.3 is 9.47 Å². The Labute approximate surface area is 256 Å². The van der Waals surface area contributed by atoms with Gasteiger partial charge >= 0.3 is 5.97 Å². The molecule has 7 nitrogen and oxygen atoms in total. The van der Waals surface area contributed by atoms with Crippen LogP contribution in [0.25, 0.3) is 6.08 Å². The number of nitrogens with zero attached hydrogens (tertiary/aromatic N) is 3. The molecule has 1 aromatic heterocycles. The highest BCUT2D eigenvalue weighted by Gasteiger charge is 2.33. The van der Waals surface area contributed by atoms with Crippen molar-refractivity contribution in [1.29, 1.82) is 5.26 Å². The van der Waals surface area contributed by atoms with E-state index in [1.54, 1.807) is 56.3 Å². The number of hydrogen-bond donors (Lipinski definition) is 0. The second-order valence-corrected chi connectivity index (χ2v) is 11.5. The molecular weight excluding hydrogens is 593 g/mol. The summed E-state index contributed by atoms with van der Waals surface area (Å²) in [5, 5.41) is 9.72. The first-order valence-corrected chi connectivity index (χ1v) is 14.6. The fourth-order valence-corrected chi connectivity index (χ4v) is 6.27. The molecule has 212 valence electrons. The van der Waals surface area contributed by atoms with Crippen molar-refractivity contribution in [2.24, 2.45) is 4.99 Å². The number of ether oxygens (including phenoxy) is 2. The molecule has 0 fully saturated rings. The Kier molecular flexibility index (Phi) is 8.64. The van der Waals surface area contributed by atoms with Crippen LogP contribution in [0.4, 0.5) is 0 Å². The number of carbonyl (C=O) groups is 1. The smallest absolute Gasteiger partial charge is 0.338 e. The van der Waals surface area contributed by atoms with E-state index in [4.69, 9.17) is 37.9 Å². The van der Waals surface area contributed by atoms with E-state index in [9.17, 15) is 9.59 Å². The molecule has 0 amide bonds. The lowest BCUT2D eigenvalue weighted by Gasteiger charge is -2.24. The average Bonchev–Trinajstić information content (AvgIpc) is 3.26. The van der Waals surface area contributed by atoms with E-state index in [1.165, 1.54) is 15.9 Å². The Morgan fingerprint density at radius 3 is 2.50 bits per heavy atom. The lowest BCUT2D eigenvalue weighted by atomic mass is 9.95. The molecule has 0 spiro atoms. The van der Waals surface area contributed by atoms with E-state index in [0.29, 0.717) is 42.5 Å². The van der Waals surface area contributed by atoms with Gasteiger partial charge in [0, 0.05) is 10.6 Å². The maximum atomic E-state index is 14.0. The Hall–Kier alpha value is -4.16. The Morgan fingerprint density at radius 2 is 1.83 bits per heavy atom. The predicted octanol–water partition coefficient (Wildman–Crippen LogP) is 5.86. The summed E-state index contributed by atoms with van der Waals surface area (Å²) in [4.78, 5) is 32.2. The molecule has 3 aromatic carbocycles. The molecule has 0 unspecified atom stereocenters. The van der Waals surface area contributed by atoms with Crippen LogP contribution in [-0.4, -0.2) is 17.1 Å². The number of thiazole rings is 1. The molecule has 0 saturated carbocycles. The molecule has 2 heterocycles. The zero-order valence-corrected chi connectivity index (χ0v) is 25.3. The number of halogens is 2. The summed E-state index contributed by atoms with van der Waals surface area (Å²) in [5.74, 6) is -0.159. The number of aromatic nitrogens is 1. The first kappa shape index (κ1) is 29.3. The molecule has 0 aliphatic carbocycles. The van der Waals surface area contributed by atoms with Gasteiger partial charge in [0.1, 0.15) is 12.4 Å². The number of hydrogen-bond acceptors (Lipinski definition) is 7. The number of esters is 1. The number of nitriles is 1. The quantitative estimate of drug-likeness (QED) is 0.242. The van der Waals surface area contributed by atoms with Crippen LogP contribution in [0.5, 0.6) is 5.75 Å². The summed E-state index contributed by atoms with van der Waals surface area (Å²) in [7, 11) is 0. The van der Waals surface area contributed by atoms with Crippen LogP contribution in [0.3, 0.4) is 0 Å². The Morgan fingerprint density at radius 1 is 1.12 bits per heavy atom. The summed E-state index contributed by atoms with van der Waals surface area (Å²) in [6, 6.07) is 19.3. The second-order valence-electron chi connectivity index (χ2n) is 9.62. The van der Waals surface area contributed by atoms with Crippen LogP contribution in [-0.2, 0) is 16.1 Å². The molecule has 0 radical (unpaired) electrons. The van der Waals surface area contributed by atoms with Gasteiger partial charge in [-0.05, 0) is 62.2 Å². The van der Waals surface area contributed by atoms with Crippen LogP contribution < -0.4 is 19.6 Å². The maximum Gasteiger partial charge on any atom is 0.338 e. The normalized spacial score (nSPS) is 14.7. The number of fused-ring (bicyclic) bond motifs is 1. The van der Waals surface area contributed by atoms with Gasteiger partial charge in [0.25, 0.3) is 5.56 Å². The third-order valence-corrected chi connectivity index (χ3v) is 8.18. The lowest BCUT2D eigenvalue weighted by molar-refractivity contribution is -0.139. The molecular formula is C32H25Cl2N3O4S. The molecule has 42 heavy (non-hydrogen) atoms. The van der Waals surface area contributed by atoms with E-state index >= 15 is 0 Å². The van der Waals surface area contributed by atoms with Crippen molar-refractivity contribution in [1.82, 2.24) is 4.57 Å². The topological polar surface area (TPSA) is 93.7 Å². The fourth-order valence-electron chi connectivity index (χ4n) is 4.67. The first-order chi connectivity index (χ1) is 20.2. The number of carbonyl (C=O) groups excluding carboxylic acids is 1. The SMILES string of the molecule is CCOC(=O)C1=C(C)N=c2s/c(=C\c3cc(Cl)cc(Cl)c3OCc3ccc(C#N)cc3)c(=O)n2[C@@H]1c1ccc(C)cc1. The first-order valence-electron chi connectivity index (χ1n) is 13.1. The van der Waals surface area contributed by atoms with Crippen molar-refractivity contribution in [3.63, 3.8) is 0 Å². The van der Waals surface area contributed by atoms with Gasteiger partial charge in [-0.2, -0.15) is 5.26 Å².